The van der Waals surface area contributed by atoms with Gasteiger partial charge in [0.1, 0.15) is 0 Å². The summed E-state index contributed by atoms with van der Waals surface area (Å²) in [5.41, 5.74) is 2.15. The Hall–Kier alpha value is -2.51. The lowest BCUT2D eigenvalue weighted by Crippen LogP contribution is -2.67. The number of amides is 1. The molecule has 2 aromatic carbocycles. The van der Waals surface area contributed by atoms with E-state index in [2.05, 4.69) is 37.4 Å². The number of benzene rings is 2. The molecule has 2 heterocycles. The van der Waals surface area contributed by atoms with Crippen molar-refractivity contribution in [3.8, 4) is 16.9 Å². The van der Waals surface area contributed by atoms with Gasteiger partial charge in [-0.15, -0.1) is 0 Å². The van der Waals surface area contributed by atoms with Gasteiger partial charge in [0, 0.05) is 30.2 Å². The lowest BCUT2D eigenvalue weighted by atomic mass is 9.90. The second-order valence-electron chi connectivity index (χ2n) is 9.33. The van der Waals surface area contributed by atoms with Crippen molar-refractivity contribution in [1.82, 2.24) is 14.6 Å². The normalized spacial score (nSPS) is 18.0. The van der Waals surface area contributed by atoms with E-state index >= 15 is 0 Å². The standard InChI is InChI=1S/C23H26FN3O2S/c1-13-6-19(28)18(24)9-16(13)14-7-15-10-26-30-20(15)17(8-14)21(29)27-12-22(2,3)25-11-23(27,4)5/h6-10,25,28H,11-12H2,1-5H3. The van der Waals surface area contributed by atoms with E-state index in [-0.39, 0.29) is 22.7 Å². The van der Waals surface area contributed by atoms with Gasteiger partial charge in [-0.1, -0.05) is 0 Å². The average molecular weight is 428 g/mol. The molecule has 2 N–H and O–H groups in total. The summed E-state index contributed by atoms with van der Waals surface area (Å²) in [4.78, 5) is 15.7. The third-order valence-electron chi connectivity index (χ3n) is 5.82. The first-order chi connectivity index (χ1) is 14.0. The summed E-state index contributed by atoms with van der Waals surface area (Å²) in [6, 6.07) is 6.47. The number of hydrogen-bond donors (Lipinski definition) is 2. The number of phenolic OH excluding ortho intramolecular Hbond substituents is 1. The number of phenols is 1. The van der Waals surface area contributed by atoms with Crippen LogP contribution in [0.5, 0.6) is 5.75 Å². The maximum atomic E-state index is 14.1. The van der Waals surface area contributed by atoms with E-state index in [0.717, 1.165) is 21.2 Å². The van der Waals surface area contributed by atoms with Crippen LogP contribution in [0.1, 0.15) is 43.6 Å². The second-order valence-corrected chi connectivity index (χ2v) is 10.1. The minimum Gasteiger partial charge on any atom is -0.505 e. The average Bonchev–Trinajstić information content (AvgIpc) is 3.14. The van der Waals surface area contributed by atoms with E-state index in [1.165, 1.54) is 23.7 Å². The quantitative estimate of drug-likeness (QED) is 0.621. The zero-order chi connectivity index (χ0) is 21.8. The van der Waals surface area contributed by atoms with Gasteiger partial charge >= 0.3 is 0 Å². The highest BCUT2D eigenvalue weighted by atomic mass is 32.1. The summed E-state index contributed by atoms with van der Waals surface area (Å²) in [6.45, 7) is 11.4. The molecular weight excluding hydrogens is 401 g/mol. The van der Waals surface area contributed by atoms with Crippen molar-refractivity contribution < 1.29 is 14.3 Å². The number of piperazine rings is 1. The van der Waals surface area contributed by atoms with Crippen LogP contribution in [0, 0.1) is 12.7 Å². The first kappa shape index (κ1) is 20.8. The van der Waals surface area contributed by atoms with E-state index in [1.54, 1.807) is 6.20 Å². The molecule has 1 amide bonds. The molecule has 0 atom stereocenters. The van der Waals surface area contributed by atoms with Crippen LogP contribution in [0.4, 0.5) is 4.39 Å². The number of aromatic nitrogens is 1. The van der Waals surface area contributed by atoms with Gasteiger partial charge in [-0.2, -0.15) is 4.37 Å². The summed E-state index contributed by atoms with van der Waals surface area (Å²) >= 11 is 1.29. The Morgan fingerprint density at radius 2 is 1.97 bits per heavy atom. The fourth-order valence-corrected chi connectivity index (χ4v) is 4.72. The van der Waals surface area contributed by atoms with Crippen molar-refractivity contribution in [3.05, 3.63) is 47.4 Å². The predicted octanol–water partition coefficient (Wildman–Crippen LogP) is 4.72. The van der Waals surface area contributed by atoms with Crippen molar-refractivity contribution in [1.29, 1.82) is 0 Å². The number of carbonyl (C=O) groups excluding carboxylic acids is 1. The van der Waals surface area contributed by atoms with Crippen LogP contribution in [0.25, 0.3) is 21.2 Å². The number of nitrogens with zero attached hydrogens (tertiary/aromatic N) is 2. The Labute approximate surface area is 179 Å². The SMILES string of the molecule is Cc1cc(O)c(F)cc1-c1cc(C(=O)N2CC(C)(C)NCC2(C)C)c2sncc2c1. The highest BCUT2D eigenvalue weighted by Crippen LogP contribution is 2.36. The Morgan fingerprint density at radius 3 is 2.70 bits per heavy atom. The molecule has 158 valence electrons. The number of fused-ring (bicyclic) bond motifs is 1. The molecular formula is C23H26FN3O2S. The summed E-state index contributed by atoms with van der Waals surface area (Å²) in [5.74, 6) is -1.12. The molecule has 0 aliphatic carbocycles. The molecule has 30 heavy (non-hydrogen) atoms. The fraction of sp³-hybridized carbons (Fsp3) is 0.391. The van der Waals surface area contributed by atoms with Crippen molar-refractivity contribution in [2.75, 3.05) is 13.1 Å². The molecule has 0 bridgehead atoms. The topological polar surface area (TPSA) is 65.5 Å². The molecule has 1 fully saturated rings. The number of nitrogens with one attached hydrogen (secondary N) is 1. The molecule has 1 aliphatic rings. The van der Waals surface area contributed by atoms with Gasteiger partial charge in [0.05, 0.1) is 15.8 Å². The van der Waals surface area contributed by atoms with Crippen LogP contribution >= 0.6 is 11.5 Å². The minimum atomic E-state index is -0.683. The maximum Gasteiger partial charge on any atom is 0.255 e. The Balaban J connectivity index is 1.86. The number of aromatic hydroxyl groups is 1. The lowest BCUT2D eigenvalue weighted by molar-refractivity contribution is 0.0283. The fourth-order valence-electron chi connectivity index (χ4n) is 3.98. The van der Waals surface area contributed by atoms with Crippen LogP contribution in [0.15, 0.2) is 30.5 Å². The third kappa shape index (κ3) is 3.56. The largest absolute Gasteiger partial charge is 0.505 e. The van der Waals surface area contributed by atoms with Gasteiger partial charge < -0.3 is 15.3 Å². The molecule has 1 aromatic heterocycles. The highest BCUT2D eigenvalue weighted by Gasteiger charge is 2.41. The number of halogens is 1. The summed E-state index contributed by atoms with van der Waals surface area (Å²) in [7, 11) is 0. The lowest BCUT2D eigenvalue weighted by Gasteiger charge is -2.49. The van der Waals surface area contributed by atoms with Crippen molar-refractivity contribution in [3.63, 3.8) is 0 Å². The molecule has 1 saturated heterocycles. The van der Waals surface area contributed by atoms with Crippen molar-refractivity contribution in [2.45, 2.75) is 45.7 Å². The number of aryl methyl sites for hydroxylation is 1. The first-order valence-electron chi connectivity index (χ1n) is 9.93. The van der Waals surface area contributed by atoms with E-state index < -0.39 is 5.82 Å². The van der Waals surface area contributed by atoms with E-state index in [4.69, 9.17) is 0 Å². The molecule has 1 aliphatic heterocycles. The molecule has 0 radical (unpaired) electrons. The Morgan fingerprint density at radius 1 is 1.23 bits per heavy atom. The van der Waals surface area contributed by atoms with Crippen molar-refractivity contribution >= 4 is 27.5 Å². The van der Waals surface area contributed by atoms with Crippen LogP contribution in [0.2, 0.25) is 0 Å². The first-order valence-corrected chi connectivity index (χ1v) is 10.7. The Bertz CT molecular complexity index is 1150. The molecule has 7 heteroatoms. The molecule has 5 nitrogen and oxygen atoms in total. The number of rotatable bonds is 2. The van der Waals surface area contributed by atoms with Crippen LogP contribution in [-0.4, -0.2) is 44.5 Å². The monoisotopic (exact) mass is 427 g/mol. The minimum absolute atomic E-state index is 0.0532. The predicted molar refractivity (Wildman–Crippen MR) is 119 cm³/mol. The molecule has 0 spiro atoms. The van der Waals surface area contributed by atoms with Crippen molar-refractivity contribution in [2.24, 2.45) is 0 Å². The summed E-state index contributed by atoms with van der Waals surface area (Å²) in [6.07, 6.45) is 1.74. The number of carbonyl (C=O) groups is 1. The highest BCUT2D eigenvalue weighted by molar-refractivity contribution is 7.13. The van der Waals surface area contributed by atoms with Gasteiger partial charge in [0.25, 0.3) is 5.91 Å². The van der Waals surface area contributed by atoms with Crippen LogP contribution in [-0.2, 0) is 0 Å². The number of hydrogen-bond acceptors (Lipinski definition) is 5. The summed E-state index contributed by atoms with van der Waals surface area (Å²) < 4.78 is 19.2. The van der Waals surface area contributed by atoms with E-state index in [0.29, 0.717) is 24.2 Å². The second kappa shape index (κ2) is 7.03. The molecule has 0 saturated carbocycles. The summed E-state index contributed by atoms with van der Waals surface area (Å²) in [5, 5.41) is 14.0. The van der Waals surface area contributed by atoms with E-state index in [9.17, 15) is 14.3 Å². The van der Waals surface area contributed by atoms with Crippen LogP contribution < -0.4 is 5.32 Å². The van der Waals surface area contributed by atoms with Crippen LogP contribution in [0.3, 0.4) is 0 Å². The van der Waals surface area contributed by atoms with Gasteiger partial charge in [0.2, 0.25) is 0 Å². The Kier molecular flexibility index (Phi) is 4.86. The zero-order valence-corrected chi connectivity index (χ0v) is 18.7. The maximum absolute atomic E-state index is 14.1. The molecule has 3 aromatic rings. The van der Waals surface area contributed by atoms with Gasteiger partial charge in [-0.3, -0.25) is 4.79 Å². The van der Waals surface area contributed by atoms with E-state index in [1.807, 2.05) is 24.0 Å². The third-order valence-corrected chi connectivity index (χ3v) is 6.67. The van der Waals surface area contributed by atoms with Gasteiger partial charge in [-0.25, -0.2) is 4.39 Å². The van der Waals surface area contributed by atoms with Gasteiger partial charge in [0.15, 0.2) is 11.6 Å². The molecule has 0 unspecified atom stereocenters. The molecule has 4 rings (SSSR count). The van der Waals surface area contributed by atoms with Gasteiger partial charge in [-0.05, 0) is 87.1 Å². The smallest absolute Gasteiger partial charge is 0.255 e. The zero-order valence-electron chi connectivity index (χ0n) is 17.8.